The van der Waals surface area contributed by atoms with Crippen molar-refractivity contribution in [3.05, 3.63) is 29.3 Å². The molecule has 5 heteroatoms. The number of aliphatic carboxylic acids is 1. The third-order valence-corrected chi connectivity index (χ3v) is 3.00. The predicted molar refractivity (Wildman–Crippen MR) is 68.3 cm³/mol. The van der Waals surface area contributed by atoms with E-state index in [0.29, 0.717) is 11.3 Å². The van der Waals surface area contributed by atoms with Gasteiger partial charge in [-0.3, -0.25) is 0 Å². The highest BCUT2D eigenvalue weighted by molar-refractivity contribution is 5.76. The molecule has 104 valence electrons. The Hall–Kier alpha value is -1.59. The third-order valence-electron chi connectivity index (χ3n) is 3.00. The fourth-order valence-electron chi connectivity index (χ4n) is 2.31. The first-order valence-electron chi connectivity index (χ1n) is 6.21. The van der Waals surface area contributed by atoms with Crippen LogP contribution in [0.25, 0.3) is 0 Å². The van der Waals surface area contributed by atoms with Gasteiger partial charge in [-0.1, -0.05) is 18.2 Å². The molecule has 0 bridgehead atoms. The van der Waals surface area contributed by atoms with Crippen LogP contribution in [0.5, 0.6) is 5.75 Å². The van der Waals surface area contributed by atoms with Crippen LogP contribution in [0.4, 0.5) is 0 Å². The lowest BCUT2D eigenvalue weighted by Crippen LogP contribution is -2.25. The monoisotopic (exact) mass is 266 g/mol. The number of carboxylic acid groups (broad SMARTS) is 1. The molecule has 1 unspecified atom stereocenters. The van der Waals surface area contributed by atoms with E-state index in [4.69, 9.17) is 14.6 Å². The maximum absolute atomic E-state index is 11.3. The molecule has 1 aromatic rings. The molecule has 19 heavy (non-hydrogen) atoms. The Labute approximate surface area is 111 Å². The maximum Gasteiger partial charge on any atom is 0.337 e. The molecule has 0 saturated carbocycles. The number of benzene rings is 1. The molecular formula is C14H18O5. The van der Waals surface area contributed by atoms with E-state index in [-0.39, 0.29) is 18.8 Å². The smallest absolute Gasteiger partial charge is 0.337 e. The van der Waals surface area contributed by atoms with Crippen LogP contribution in [0.2, 0.25) is 0 Å². The van der Waals surface area contributed by atoms with Crippen LogP contribution in [0.1, 0.15) is 31.1 Å². The minimum atomic E-state index is -1.11. The molecule has 5 nitrogen and oxygen atoms in total. The van der Waals surface area contributed by atoms with Crippen LogP contribution < -0.4 is 4.74 Å². The van der Waals surface area contributed by atoms with Gasteiger partial charge in [-0.05, 0) is 19.4 Å². The van der Waals surface area contributed by atoms with Crippen molar-refractivity contribution in [3.63, 3.8) is 0 Å². The zero-order valence-corrected chi connectivity index (χ0v) is 11.0. The molecule has 0 aliphatic carbocycles. The SMILES string of the molecule is CC1(C)Cc2cccc(C(OCCO)C(=O)O)c2O1. The van der Waals surface area contributed by atoms with Crippen molar-refractivity contribution in [1.29, 1.82) is 0 Å². The van der Waals surface area contributed by atoms with Crippen molar-refractivity contribution < 1.29 is 24.5 Å². The number of carboxylic acids is 1. The number of aliphatic hydroxyl groups is 1. The van der Waals surface area contributed by atoms with Crippen LogP contribution in [0.3, 0.4) is 0 Å². The number of hydrogen-bond donors (Lipinski definition) is 2. The first-order chi connectivity index (χ1) is 8.94. The number of ether oxygens (including phenoxy) is 2. The highest BCUT2D eigenvalue weighted by atomic mass is 16.5. The van der Waals surface area contributed by atoms with Crippen LogP contribution >= 0.6 is 0 Å². The average Bonchev–Trinajstić information content (AvgIpc) is 2.63. The summed E-state index contributed by atoms with van der Waals surface area (Å²) < 4.78 is 11.0. The Morgan fingerprint density at radius 3 is 2.89 bits per heavy atom. The second-order valence-corrected chi connectivity index (χ2v) is 5.19. The minimum absolute atomic E-state index is 0.0238. The van der Waals surface area contributed by atoms with Crippen molar-refractivity contribution >= 4 is 5.97 Å². The highest BCUT2D eigenvalue weighted by Crippen LogP contribution is 2.40. The van der Waals surface area contributed by atoms with E-state index < -0.39 is 12.1 Å². The standard InChI is InChI=1S/C14H18O5/c1-14(2)8-9-4-3-5-10(11(9)19-14)12(13(16)17)18-7-6-15/h3-5,12,15H,6-8H2,1-2H3,(H,16,17). The topological polar surface area (TPSA) is 76.0 Å². The van der Waals surface area contributed by atoms with Crippen LogP contribution in [0, 0.1) is 0 Å². The van der Waals surface area contributed by atoms with E-state index in [9.17, 15) is 9.90 Å². The van der Waals surface area contributed by atoms with Crippen LogP contribution in [0.15, 0.2) is 18.2 Å². The molecule has 2 N–H and O–H groups in total. The molecular weight excluding hydrogens is 248 g/mol. The lowest BCUT2D eigenvalue weighted by Gasteiger charge is -2.20. The van der Waals surface area contributed by atoms with Gasteiger partial charge in [-0.2, -0.15) is 0 Å². The van der Waals surface area contributed by atoms with E-state index in [0.717, 1.165) is 12.0 Å². The highest BCUT2D eigenvalue weighted by Gasteiger charge is 2.35. The summed E-state index contributed by atoms with van der Waals surface area (Å²) >= 11 is 0. The molecule has 2 rings (SSSR count). The van der Waals surface area contributed by atoms with Gasteiger partial charge in [0.2, 0.25) is 0 Å². The van der Waals surface area contributed by atoms with Crippen molar-refractivity contribution in [1.82, 2.24) is 0 Å². The minimum Gasteiger partial charge on any atom is -0.487 e. The summed E-state index contributed by atoms with van der Waals surface area (Å²) in [6.45, 7) is 3.68. The molecule has 1 heterocycles. The summed E-state index contributed by atoms with van der Waals surface area (Å²) in [5.41, 5.74) is 1.16. The summed E-state index contributed by atoms with van der Waals surface area (Å²) in [6.07, 6.45) is -0.376. The number of aliphatic hydroxyl groups excluding tert-OH is 1. The van der Waals surface area contributed by atoms with Gasteiger partial charge in [0.25, 0.3) is 0 Å². The molecule has 0 amide bonds. The number of hydrogen-bond acceptors (Lipinski definition) is 4. The summed E-state index contributed by atoms with van der Waals surface area (Å²) in [5.74, 6) is -0.493. The molecule has 1 aliphatic rings. The maximum atomic E-state index is 11.3. The second-order valence-electron chi connectivity index (χ2n) is 5.19. The first kappa shape index (κ1) is 13.8. The molecule has 0 radical (unpaired) electrons. The third kappa shape index (κ3) is 2.88. The Kier molecular flexibility index (Phi) is 3.78. The Morgan fingerprint density at radius 2 is 2.26 bits per heavy atom. The summed E-state index contributed by atoms with van der Waals surface area (Å²) in [6, 6.07) is 5.42. The van der Waals surface area contributed by atoms with Gasteiger partial charge in [-0.25, -0.2) is 4.79 Å². The fraction of sp³-hybridized carbons (Fsp3) is 0.500. The normalized spacial score (nSPS) is 17.6. The Bertz CT molecular complexity index is 481. The summed E-state index contributed by atoms with van der Waals surface area (Å²) in [7, 11) is 0. The van der Waals surface area contributed by atoms with E-state index >= 15 is 0 Å². The quantitative estimate of drug-likeness (QED) is 0.845. The first-order valence-corrected chi connectivity index (χ1v) is 6.21. The van der Waals surface area contributed by atoms with Gasteiger partial charge >= 0.3 is 5.97 Å². The van der Waals surface area contributed by atoms with Gasteiger partial charge in [0, 0.05) is 12.0 Å². The van der Waals surface area contributed by atoms with E-state index in [1.54, 1.807) is 12.1 Å². The van der Waals surface area contributed by atoms with E-state index in [1.165, 1.54) is 0 Å². The van der Waals surface area contributed by atoms with Crippen LogP contribution in [-0.2, 0) is 16.0 Å². The lowest BCUT2D eigenvalue weighted by atomic mass is 9.99. The molecule has 0 aromatic heterocycles. The van der Waals surface area contributed by atoms with Gasteiger partial charge in [0.05, 0.1) is 13.2 Å². The zero-order chi connectivity index (χ0) is 14.0. The molecule has 0 spiro atoms. The molecule has 1 aliphatic heterocycles. The number of rotatable bonds is 5. The van der Waals surface area contributed by atoms with Gasteiger partial charge < -0.3 is 19.7 Å². The predicted octanol–water partition coefficient (Wildman–Crippen LogP) is 1.53. The summed E-state index contributed by atoms with van der Waals surface area (Å²) in [5, 5.41) is 18.0. The number of para-hydroxylation sites is 1. The van der Waals surface area contributed by atoms with Crippen molar-refractivity contribution in [2.24, 2.45) is 0 Å². The Balaban J connectivity index is 2.35. The second kappa shape index (κ2) is 5.19. The van der Waals surface area contributed by atoms with Gasteiger partial charge in [-0.15, -0.1) is 0 Å². The zero-order valence-electron chi connectivity index (χ0n) is 11.0. The van der Waals surface area contributed by atoms with Crippen molar-refractivity contribution in [2.75, 3.05) is 13.2 Å². The Morgan fingerprint density at radius 1 is 1.53 bits per heavy atom. The molecule has 0 fully saturated rings. The van der Waals surface area contributed by atoms with Gasteiger partial charge in [0.1, 0.15) is 11.4 Å². The van der Waals surface area contributed by atoms with Crippen LogP contribution in [-0.4, -0.2) is 35.0 Å². The summed E-state index contributed by atoms with van der Waals surface area (Å²) in [4.78, 5) is 11.3. The lowest BCUT2D eigenvalue weighted by molar-refractivity contribution is -0.151. The molecule has 1 atom stereocenters. The number of fused-ring (bicyclic) bond motifs is 1. The van der Waals surface area contributed by atoms with Crippen molar-refractivity contribution in [3.8, 4) is 5.75 Å². The molecule has 0 saturated heterocycles. The number of carbonyl (C=O) groups is 1. The largest absolute Gasteiger partial charge is 0.487 e. The average molecular weight is 266 g/mol. The molecule has 1 aromatic carbocycles. The van der Waals surface area contributed by atoms with E-state index in [2.05, 4.69) is 0 Å². The van der Waals surface area contributed by atoms with Crippen molar-refractivity contribution in [2.45, 2.75) is 32.0 Å². The van der Waals surface area contributed by atoms with Gasteiger partial charge in [0.15, 0.2) is 6.10 Å². The fourth-order valence-corrected chi connectivity index (χ4v) is 2.31. The van der Waals surface area contributed by atoms with E-state index in [1.807, 2.05) is 19.9 Å².